The highest BCUT2D eigenvalue weighted by molar-refractivity contribution is 5.74. The van der Waals surface area contributed by atoms with Crippen molar-refractivity contribution in [1.82, 2.24) is 10.6 Å². The Labute approximate surface area is 128 Å². The molecule has 0 saturated heterocycles. The van der Waals surface area contributed by atoms with Crippen molar-refractivity contribution in [3.05, 3.63) is 35.9 Å². The Balaban J connectivity index is 2.48. The Hall–Kier alpha value is -1.55. The van der Waals surface area contributed by atoms with Crippen molar-refractivity contribution in [3.63, 3.8) is 0 Å². The Kier molecular flexibility index (Phi) is 6.21. The van der Waals surface area contributed by atoms with Crippen LogP contribution >= 0.6 is 0 Å². The summed E-state index contributed by atoms with van der Waals surface area (Å²) in [4.78, 5) is 11.9. The SMILES string of the molecule is CC(NC(=O)NCC(C)(O)C(C)C)C(C)c1ccccc1. The molecule has 0 aliphatic rings. The third kappa shape index (κ3) is 5.38. The summed E-state index contributed by atoms with van der Waals surface area (Å²) >= 11 is 0. The predicted molar refractivity (Wildman–Crippen MR) is 86.3 cm³/mol. The van der Waals surface area contributed by atoms with Gasteiger partial charge in [0.05, 0.1) is 5.60 Å². The number of carbonyl (C=O) groups is 1. The van der Waals surface area contributed by atoms with Crippen LogP contribution < -0.4 is 10.6 Å². The lowest BCUT2D eigenvalue weighted by Crippen LogP contribution is -2.49. The molecule has 1 rings (SSSR count). The molecule has 2 amide bonds. The second kappa shape index (κ2) is 7.46. The maximum absolute atomic E-state index is 11.9. The monoisotopic (exact) mass is 292 g/mol. The molecule has 0 radical (unpaired) electrons. The molecule has 3 N–H and O–H groups in total. The highest BCUT2D eigenvalue weighted by Gasteiger charge is 2.25. The summed E-state index contributed by atoms with van der Waals surface area (Å²) in [5.74, 6) is 0.307. The first-order valence-electron chi connectivity index (χ1n) is 7.55. The summed E-state index contributed by atoms with van der Waals surface area (Å²) in [7, 11) is 0. The summed E-state index contributed by atoms with van der Waals surface area (Å²) in [6, 6.07) is 9.86. The topological polar surface area (TPSA) is 61.4 Å². The Morgan fingerprint density at radius 2 is 1.76 bits per heavy atom. The van der Waals surface area contributed by atoms with Gasteiger partial charge in [0.25, 0.3) is 0 Å². The van der Waals surface area contributed by atoms with Gasteiger partial charge in [0.2, 0.25) is 0 Å². The minimum Gasteiger partial charge on any atom is -0.388 e. The van der Waals surface area contributed by atoms with E-state index in [1.807, 2.05) is 39.0 Å². The molecule has 0 aliphatic heterocycles. The largest absolute Gasteiger partial charge is 0.388 e. The van der Waals surface area contributed by atoms with E-state index >= 15 is 0 Å². The average Bonchev–Trinajstić information content (AvgIpc) is 2.45. The number of rotatable bonds is 6. The Morgan fingerprint density at radius 1 is 1.19 bits per heavy atom. The van der Waals surface area contributed by atoms with Crippen LogP contribution in [-0.4, -0.2) is 29.3 Å². The molecule has 0 heterocycles. The number of aliphatic hydroxyl groups is 1. The van der Waals surface area contributed by atoms with E-state index in [1.54, 1.807) is 6.92 Å². The van der Waals surface area contributed by atoms with E-state index in [0.717, 1.165) is 0 Å². The molecule has 118 valence electrons. The molecule has 0 spiro atoms. The zero-order valence-corrected chi connectivity index (χ0v) is 13.7. The first-order valence-corrected chi connectivity index (χ1v) is 7.55. The average molecular weight is 292 g/mol. The normalized spacial score (nSPS) is 16.9. The van der Waals surface area contributed by atoms with Crippen LogP contribution in [0.3, 0.4) is 0 Å². The molecule has 3 unspecified atom stereocenters. The van der Waals surface area contributed by atoms with Crippen LogP contribution in [0.2, 0.25) is 0 Å². The lowest BCUT2D eigenvalue weighted by Gasteiger charge is -2.28. The molecule has 21 heavy (non-hydrogen) atoms. The standard InChI is InChI=1S/C17H28N2O2/c1-12(2)17(5,21)11-18-16(20)19-14(4)13(3)15-9-7-6-8-10-15/h6-10,12-14,21H,11H2,1-5H3,(H2,18,19,20). The number of nitrogens with one attached hydrogen (secondary N) is 2. The number of amides is 2. The molecule has 4 nitrogen and oxygen atoms in total. The smallest absolute Gasteiger partial charge is 0.315 e. The molecule has 3 atom stereocenters. The first kappa shape index (κ1) is 17.5. The van der Waals surface area contributed by atoms with Crippen molar-refractivity contribution >= 4 is 6.03 Å². The zero-order valence-electron chi connectivity index (χ0n) is 13.7. The fraction of sp³-hybridized carbons (Fsp3) is 0.588. The molecular weight excluding hydrogens is 264 g/mol. The molecule has 0 aliphatic carbocycles. The van der Waals surface area contributed by atoms with Gasteiger partial charge in [-0.2, -0.15) is 0 Å². The fourth-order valence-corrected chi connectivity index (χ4v) is 1.89. The summed E-state index contributed by atoms with van der Waals surface area (Å²) in [5.41, 5.74) is 0.297. The molecule has 1 aromatic carbocycles. The molecule has 4 heteroatoms. The summed E-state index contributed by atoms with van der Waals surface area (Å²) in [5, 5.41) is 15.8. The van der Waals surface area contributed by atoms with Gasteiger partial charge in [0.15, 0.2) is 0 Å². The van der Waals surface area contributed by atoms with E-state index in [0.29, 0.717) is 0 Å². The Morgan fingerprint density at radius 3 is 2.29 bits per heavy atom. The van der Waals surface area contributed by atoms with Gasteiger partial charge in [-0.3, -0.25) is 0 Å². The van der Waals surface area contributed by atoms with E-state index in [1.165, 1.54) is 5.56 Å². The van der Waals surface area contributed by atoms with E-state index in [-0.39, 0.29) is 30.5 Å². The molecule has 0 bridgehead atoms. The van der Waals surface area contributed by atoms with E-state index in [2.05, 4.69) is 29.7 Å². The van der Waals surface area contributed by atoms with E-state index in [9.17, 15) is 9.90 Å². The summed E-state index contributed by atoms with van der Waals surface area (Å²) < 4.78 is 0. The van der Waals surface area contributed by atoms with Gasteiger partial charge < -0.3 is 15.7 Å². The lowest BCUT2D eigenvalue weighted by molar-refractivity contribution is 0.0165. The van der Waals surface area contributed by atoms with E-state index < -0.39 is 5.60 Å². The molecule has 1 aromatic rings. The van der Waals surface area contributed by atoms with Gasteiger partial charge in [-0.15, -0.1) is 0 Å². The first-order chi connectivity index (χ1) is 9.74. The van der Waals surface area contributed by atoms with Crippen molar-refractivity contribution in [2.24, 2.45) is 5.92 Å². The lowest BCUT2D eigenvalue weighted by atomic mass is 9.92. The third-order valence-corrected chi connectivity index (χ3v) is 4.28. The van der Waals surface area contributed by atoms with Gasteiger partial charge in [-0.1, -0.05) is 51.1 Å². The predicted octanol–water partition coefficient (Wildman–Crippen LogP) is 2.88. The van der Waals surface area contributed by atoms with Crippen LogP contribution in [0.4, 0.5) is 4.79 Å². The van der Waals surface area contributed by atoms with Gasteiger partial charge in [0, 0.05) is 18.5 Å². The Bertz CT molecular complexity index is 443. The highest BCUT2D eigenvalue weighted by Crippen LogP contribution is 2.18. The minimum atomic E-state index is -0.897. The van der Waals surface area contributed by atoms with Crippen molar-refractivity contribution in [2.75, 3.05) is 6.54 Å². The van der Waals surface area contributed by atoms with Crippen LogP contribution in [0.1, 0.15) is 46.1 Å². The molecular formula is C17H28N2O2. The third-order valence-electron chi connectivity index (χ3n) is 4.28. The van der Waals surface area contributed by atoms with E-state index in [4.69, 9.17) is 0 Å². The van der Waals surface area contributed by atoms with Crippen molar-refractivity contribution in [1.29, 1.82) is 0 Å². The van der Waals surface area contributed by atoms with Crippen LogP contribution in [0.5, 0.6) is 0 Å². The van der Waals surface area contributed by atoms with Crippen LogP contribution in [0.25, 0.3) is 0 Å². The number of urea groups is 1. The van der Waals surface area contributed by atoms with Crippen LogP contribution in [-0.2, 0) is 0 Å². The second-order valence-corrected chi connectivity index (χ2v) is 6.33. The molecule has 0 aromatic heterocycles. The minimum absolute atomic E-state index is 0.0106. The van der Waals surface area contributed by atoms with Crippen molar-refractivity contribution in [3.8, 4) is 0 Å². The molecule has 0 saturated carbocycles. The maximum Gasteiger partial charge on any atom is 0.315 e. The van der Waals surface area contributed by atoms with Crippen molar-refractivity contribution in [2.45, 2.75) is 52.2 Å². The van der Waals surface area contributed by atoms with Crippen molar-refractivity contribution < 1.29 is 9.90 Å². The zero-order chi connectivity index (χ0) is 16.0. The molecule has 0 fully saturated rings. The van der Waals surface area contributed by atoms with Crippen LogP contribution in [0, 0.1) is 5.92 Å². The van der Waals surface area contributed by atoms with Crippen LogP contribution in [0.15, 0.2) is 30.3 Å². The van der Waals surface area contributed by atoms with Gasteiger partial charge in [0.1, 0.15) is 0 Å². The number of carbonyl (C=O) groups excluding carboxylic acids is 1. The quantitative estimate of drug-likeness (QED) is 0.755. The highest BCUT2D eigenvalue weighted by atomic mass is 16.3. The van der Waals surface area contributed by atoms with Gasteiger partial charge in [-0.25, -0.2) is 4.79 Å². The summed E-state index contributed by atoms with van der Waals surface area (Å²) in [6.45, 7) is 9.90. The maximum atomic E-state index is 11.9. The van der Waals surface area contributed by atoms with Gasteiger partial charge in [-0.05, 0) is 25.3 Å². The second-order valence-electron chi connectivity index (χ2n) is 6.33. The summed E-state index contributed by atoms with van der Waals surface area (Å²) in [6.07, 6.45) is 0. The van der Waals surface area contributed by atoms with Gasteiger partial charge >= 0.3 is 6.03 Å². The number of benzene rings is 1. The number of hydrogen-bond donors (Lipinski definition) is 3. The fourth-order valence-electron chi connectivity index (χ4n) is 1.89. The number of hydrogen-bond acceptors (Lipinski definition) is 2.